The average molecular weight is 351 g/mol. The molecule has 18 heavy (non-hydrogen) atoms. The molecule has 0 fully saturated rings. The molecule has 0 heterocycles. The van der Waals surface area contributed by atoms with Crippen molar-refractivity contribution in [3.63, 3.8) is 0 Å². The van der Waals surface area contributed by atoms with Crippen molar-refractivity contribution >= 4 is 43.2 Å². The molecule has 100 valence electrons. The zero-order valence-corrected chi connectivity index (χ0v) is 13.3. The molecule has 2 unspecified atom stereocenters. The normalized spacial score (nSPS) is 15.1. The summed E-state index contributed by atoms with van der Waals surface area (Å²) >= 11 is 8.05. The zero-order chi connectivity index (χ0) is 13.9. The fraction of sp³-hybridized carbons (Fsp3) is 0.364. The Hall–Kier alpha value is -0.500. The van der Waals surface area contributed by atoms with Gasteiger partial charge in [0.1, 0.15) is 5.25 Å². The van der Waals surface area contributed by atoms with Crippen molar-refractivity contribution in [2.75, 3.05) is 0 Å². The molecule has 4 nitrogen and oxygen atoms in total. The Bertz CT molecular complexity index is 546. The van der Waals surface area contributed by atoms with Gasteiger partial charge in [0.15, 0.2) is 0 Å². The fourth-order valence-corrected chi connectivity index (χ4v) is 3.28. The predicted molar refractivity (Wildman–Crippen MR) is 80.9 cm³/mol. The average Bonchev–Trinajstić information content (AvgIpc) is 2.27. The van der Waals surface area contributed by atoms with E-state index >= 15 is 0 Å². The molecular weight excluding hydrogens is 336 g/mol. The van der Waals surface area contributed by atoms with E-state index < -0.39 is 15.3 Å². The smallest absolute Gasteiger partial charge is 0.221 e. The number of benzene rings is 1. The number of rotatable bonds is 5. The highest BCUT2D eigenvalue weighted by atomic mass is 79.9. The SMILES string of the molecule is CC(NS(=O)(=O)C(C)C(N)=S)c1cccc(Br)c1. The van der Waals surface area contributed by atoms with Gasteiger partial charge < -0.3 is 5.73 Å². The first-order chi connectivity index (χ1) is 8.24. The first-order valence-electron chi connectivity index (χ1n) is 5.30. The van der Waals surface area contributed by atoms with Crippen LogP contribution >= 0.6 is 28.1 Å². The van der Waals surface area contributed by atoms with Gasteiger partial charge in [-0.2, -0.15) is 0 Å². The second kappa shape index (κ2) is 6.10. The summed E-state index contributed by atoms with van der Waals surface area (Å²) < 4.78 is 27.4. The highest BCUT2D eigenvalue weighted by Gasteiger charge is 2.25. The number of sulfonamides is 1. The van der Waals surface area contributed by atoms with Crippen LogP contribution in [0.2, 0.25) is 0 Å². The largest absolute Gasteiger partial charge is 0.392 e. The van der Waals surface area contributed by atoms with Crippen molar-refractivity contribution < 1.29 is 8.42 Å². The van der Waals surface area contributed by atoms with E-state index in [1.165, 1.54) is 6.92 Å². The fourth-order valence-electron chi connectivity index (χ4n) is 1.35. The Morgan fingerprint density at radius 1 is 1.44 bits per heavy atom. The summed E-state index contributed by atoms with van der Waals surface area (Å²) in [5.41, 5.74) is 6.23. The maximum atomic E-state index is 12.0. The molecule has 0 aromatic heterocycles. The molecule has 1 aromatic carbocycles. The molecule has 0 bridgehead atoms. The van der Waals surface area contributed by atoms with Gasteiger partial charge in [-0.3, -0.25) is 0 Å². The third-order valence-electron chi connectivity index (χ3n) is 2.56. The van der Waals surface area contributed by atoms with E-state index in [2.05, 4.69) is 20.7 Å². The van der Waals surface area contributed by atoms with Crippen molar-refractivity contribution in [3.05, 3.63) is 34.3 Å². The van der Waals surface area contributed by atoms with Gasteiger partial charge in [-0.25, -0.2) is 13.1 Å². The highest BCUT2D eigenvalue weighted by molar-refractivity contribution is 9.10. The summed E-state index contributed by atoms with van der Waals surface area (Å²) in [4.78, 5) is -0.0380. The lowest BCUT2D eigenvalue weighted by atomic mass is 10.1. The molecule has 1 aromatic rings. The lowest BCUT2D eigenvalue weighted by Crippen LogP contribution is -2.41. The quantitative estimate of drug-likeness (QED) is 0.797. The maximum Gasteiger partial charge on any atom is 0.221 e. The Morgan fingerprint density at radius 3 is 2.56 bits per heavy atom. The van der Waals surface area contributed by atoms with Crippen molar-refractivity contribution in [1.29, 1.82) is 0 Å². The topological polar surface area (TPSA) is 72.2 Å². The van der Waals surface area contributed by atoms with Crippen LogP contribution in [0, 0.1) is 0 Å². The van der Waals surface area contributed by atoms with Gasteiger partial charge in [0.05, 0.1) is 4.99 Å². The van der Waals surface area contributed by atoms with Crippen molar-refractivity contribution in [1.82, 2.24) is 4.72 Å². The number of thiocarbonyl (C=S) groups is 1. The van der Waals surface area contributed by atoms with Crippen LogP contribution in [0.4, 0.5) is 0 Å². The van der Waals surface area contributed by atoms with Crippen molar-refractivity contribution in [3.8, 4) is 0 Å². The molecule has 0 amide bonds. The Balaban J connectivity index is 2.88. The van der Waals surface area contributed by atoms with Crippen LogP contribution in [-0.4, -0.2) is 18.7 Å². The van der Waals surface area contributed by atoms with E-state index in [1.54, 1.807) is 6.92 Å². The number of nitrogens with two attached hydrogens (primary N) is 1. The highest BCUT2D eigenvalue weighted by Crippen LogP contribution is 2.19. The Labute approximate surface area is 121 Å². The van der Waals surface area contributed by atoms with Crippen LogP contribution in [0.15, 0.2) is 28.7 Å². The molecule has 0 saturated carbocycles. The molecule has 0 spiro atoms. The third-order valence-corrected chi connectivity index (χ3v) is 5.42. The summed E-state index contributed by atoms with van der Waals surface area (Å²) in [6.07, 6.45) is 0. The first kappa shape index (κ1) is 15.6. The van der Waals surface area contributed by atoms with E-state index in [1.807, 2.05) is 24.3 Å². The number of nitrogens with one attached hydrogen (secondary N) is 1. The van der Waals surface area contributed by atoms with E-state index in [0.717, 1.165) is 10.0 Å². The first-order valence-corrected chi connectivity index (χ1v) is 8.04. The second-order valence-electron chi connectivity index (χ2n) is 3.98. The maximum absolute atomic E-state index is 12.0. The van der Waals surface area contributed by atoms with E-state index in [-0.39, 0.29) is 11.0 Å². The summed E-state index contributed by atoms with van der Waals surface area (Å²) in [5.74, 6) is 0. The van der Waals surface area contributed by atoms with Crippen molar-refractivity contribution in [2.24, 2.45) is 5.73 Å². The summed E-state index contributed by atoms with van der Waals surface area (Å²) in [5, 5.41) is -0.887. The monoisotopic (exact) mass is 350 g/mol. The lowest BCUT2D eigenvalue weighted by Gasteiger charge is -2.18. The molecule has 1 rings (SSSR count). The number of hydrogen-bond donors (Lipinski definition) is 2. The number of halogens is 1. The molecule has 0 aliphatic carbocycles. The minimum absolute atomic E-state index is 0.0380. The standard InChI is InChI=1S/C11H15BrN2O2S2/c1-7(9-4-3-5-10(12)6-9)14-18(15,16)8(2)11(13)17/h3-8,14H,1-2H3,(H2,13,17). The molecule has 0 radical (unpaired) electrons. The van der Waals surface area contributed by atoms with Crippen molar-refractivity contribution in [2.45, 2.75) is 25.1 Å². The molecule has 0 saturated heterocycles. The molecule has 0 aliphatic rings. The van der Waals surface area contributed by atoms with Crippen LogP contribution in [0.1, 0.15) is 25.5 Å². The number of hydrogen-bond acceptors (Lipinski definition) is 3. The summed E-state index contributed by atoms with van der Waals surface area (Å²) in [7, 11) is -3.55. The predicted octanol–water partition coefficient (Wildman–Crippen LogP) is 2.10. The van der Waals surface area contributed by atoms with Crippen LogP contribution in [-0.2, 0) is 10.0 Å². The van der Waals surface area contributed by atoms with Gasteiger partial charge in [-0.1, -0.05) is 40.3 Å². The summed E-state index contributed by atoms with van der Waals surface area (Å²) in [6.45, 7) is 3.24. The Morgan fingerprint density at radius 2 is 2.06 bits per heavy atom. The molecule has 0 aliphatic heterocycles. The van der Waals surface area contributed by atoms with Gasteiger partial charge in [0.25, 0.3) is 0 Å². The molecular formula is C11H15BrN2O2S2. The molecule has 2 atom stereocenters. The van der Waals surface area contributed by atoms with Gasteiger partial charge in [-0.05, 0) is 31.5 Å². The Kier molecular flexibility index (Phi) is 5.27. The molecule has 7 heteroatoms. The lowest BCUT2D eigenvalue weighted by molar-refractivity contribution is 0.564. The van der Waals surface area contributed by atoms with Gasteiger partial charge in [0, 0.05) is 10.5 Å². The van der Waals surface area contributed by atoms with Gasteiger partial charge in [0.2, 0.25) is 10.0 Å². The third kappa shape index (κ3) is 4.01. The van der Waals surface area contributed by atoms with Crippen LogP contribution in [0.5, 0.6) is 0 Å². The van der Waals surface area contributed by atoms with Gasteiger partial charge in [-0.15, -0.1) is 0 Å². The minimum Gasteiger partial charge on any atom is -0.392 e. The molecule has 3 N–H and O–H groups in total. The van der Waals surface area contributed by atoms with Crippen LogP contribution in [0.25, 0.3) is 0 Å². The van der Waals surface area contributed by atoms with E-state index in [9.17, 15) is 8.42 Å². The minimum atomic E-state index is -3.55. The zero-order valence-electron chi connectivity index (χ0n) is 10.1. The van der Waals surface area contributed by atoms with E-state index in [4.69, 9.17) is 18.0 Å². The van der Waals surface area contributed by atoms with E-state index in [0.29, 0.717) is 0 Å². The second-order valence-corrected chi connectivity index (χ2v) is 7.40. The van der Waals surface area contributed by atoms with Crippen LogP contribution < -0.4 is 10.5 Å². The van der Waals surface area contributed by atoms with Crippen LogP contribution in [0.3, 0.4) is 0 Å². The summed E-state index contributed by atoms with van der Waals surface area (Å²) in [6, 6.07) is 7.09. The van der Waals surface area contributed by atoms with Gasteiger partial charge >= 0.3 is 0 Å².